The first-order valence-corrected chi connectivity index (χ1v) is 4.95. The van der Waals surface area contributed by atoms with Crippen molar-refractivity contribution in [1.29, 1.82) is 0 Å². The third-order valence-corrected chi connectivity index (χ3v) is 1.51. The second-order valence-corrected chi connectivity index (χ2v) is 3.29. The maximum Gasteiger partial charge on any atom is 0.266 e. The number of para-hydroxylation sites is 2. The van der Waals surface area contributed by atoms with Crippen molar-refractivity contribution in [2.24, 2.45) is 0 Å². The average molecular weight is 236 g/mol. The highest BCUT2D eigenvalue weighted by atomic mass is 35.5. The van der Waals surface area contributed by atoms with Crippen LogP contribution in [0.3, 0.4) is 0 Å². The molecule has 0 radical (unpaired) electrons. The maximum absolute atomic E-state index is 5.13. The van der Waals surface area contributed by atoms with Crippen molar-refractivity contribution in [2.75, 3.05) is 5.34 Å². The average Bonchev–Trinajstić information content (AvgIpc) is 2.45. The first-order chi connectivity index (χ1) is 6.27. The fourth-order valence-electron chi connectivity index (χ4n) is 0.894. The molecular weight excluding hydrogens is 229 g/mol. The summed E-state index contributed by atoms with van der Waals surface area (Å²) in [6, 6.07) is 7.65. The summed E-state index contributed by atoms with van der Waals surface area (Å²) in [5.74, 6) is 0. The molecule has 0 saturated carbocycles. The number of alkyl halides is 2. The number of hydrogen-bond acceptors (Lipinski definition) is 2. The lowest BCUT2D eigenvalue weighted by molar-refractivity contribution is 0.583. The van der Waals surface area contributed by atoms with Gasteiger partial charge in [0.25, 0.3) is 4.84 Å². The summed E-state index contributed by atoms with van der Waals surface area (Å²) in [5, 5.41) is 0.194. The molecule has 0 aliphatic carbocycles. The van der Waals surface area contributed by atoms with Crippen molar-refractivity contribution < 1.29 is 4.42 Å². The number of benzene rings is 1. The first-order valence-electron chi connectivity index (χ1n) is 3.47. The Balaban J connectivity index is 0.000000251. The van der Waals surface area contributed by atoms with Gasteiger partial charge < -0.3 is 9.40 Å². The Morgan fingerprint density at radius 3 is 2.54 bits per heavy atom. The Morgan fingerprint density at radius 2 is 1.92 bits per heavy atom. The number of rotatable bonds is 0. The first kappa shape index (κ1) is 10.6. The van der Waals surface area contributed by atoms with Gasteiger partial charge in [-0.05, 0) is 24.4 Å². The summed E-state index contributed by atoms with van der Waals surface area (Å²) < 4.78 is 5.13. The standard InChI is InChI=1S/C7H5NOS.CH2Cl2/c10-7-8-5-3-1-2-4-6(5)9-7;2-1-3/h1-4H,(H,8,10);1H2. The van der Waals surface area contributed by atoms with Crippen molar-refractivity contribution in [1.82, 2.24) is 4.98 Å². The molecule has 5 heteroatoms. The zero-order chi connectivity index (χ0) is 9.68. The summed E-state index contributed by atoms with van der Waals surface area (Å²) in [7, 11) is 0. The smallest absolute Gasteiger partial charge is 0.266 e. The van der Waals surface area contributed by atoms with E-state index in [4.69, 9.17) is 39.8 Å². The molecular formula is C8H7Cl2NOS. The minimum Gasteiger partial charge on any atom is -0.429 e. The molecule has 1 aromatic heterocycles. The van der Waals surface area contributed by atoms with Gasteiger partial charge in [0.05, 0.1) is 10.9 Å². The zero-order valence-electron chi connectivity index (χ0n) is 6.59. The van der Waals surface area contributed by atoms with E-state index in [0.29, 0.717) is 4.84 Å². The van der Waals surface area contributed by atoms with Crippen LogP contribution < -0.4 is 0 Å². The molecule has 0 fully saturated rings. The fraction of sp³-hybridized carbons (Fsp3) is 0.125. The van der Waals surface area contributed by atoms with Crippen LogP contribution in [0.1, 0.15) is 0 Å². The van der Waals surface area contributed by atoms with Crippen molar-refractivity contribution in [3.8, 4) is 0 Å². The molecule has 0 unspecified atom stereocenters. The molecule has 1 aromatic carbocycles. The fourth-order valence-corrected chi connectivity index (χ4v) is 1.09. The molecule has 0 amide bonds. The van der Waals surface area contributed by atoms with E-state index >= 15 is 0 Å². The highest BCUT2D eigenvalue weighted by molar-refractivity contribution is 7.71. The van der Waals surface area contributed by atoms with Crippen LogP contribution in [0.2, 0.25) is 0 Å². The van der Waals surface area contributed by atoms with Gasteiger partial charge in [0, 0.05) is 0 Å². The Morgan fingerprint density at radius 1 is 1.31 bits per heavy atom. The van der Waals surface area contributed by atoms with E-state index in [9.17, 15) is 0 Å². The number of aromatic nitrogens is 1. The van der Waals surface area contributed by atoms with Crippen LogP contribution in [0.15, 0.2) is 28.7 Å². The predicted octanol–water partition coefficient (Wildman–Crippen LogP) is 3.91. The van der Waals surface area contributed by atoms with Gasteiger partial charge in [-0.25, -0.2) is 0 Å². The van der Waals surface area contributed by atoms with E-state index in [1.165, 1.54) is 0 Å². The summed E-state index contributed by atoms with van der Waals surface area (Å²) in [4.78, 5) is 3.34. The number of oxazole rings is 1. The number of aromatic amines is 1. The summed E-state index contributed by atoms with van der Waals surface area (Å²) >= 11 is 14.3. The largest absolute Gasteiger partial charge is 0.429 e. The van der Waals surface area contributed by atoms with Gasteiger partial charge in [0.15, 0.2) is 5.58 Å². The molecule has 0 aliphatic rings. The number of hydrogen-bond donors (Lipinski definition) is 1. The van der Waals surface area contributed by atoms with E-state index in [1.54, 1.807) is 0 Å². The summed E-state index contributed by atoms with van der Waals surface area (Å²) in [5.41, 5.74) is 1.76. The van der Waals surface area contributed by atoms with Gasteiger partial charge in [-0.15, -0.1) is 23.2 Å². The van der Waals surface area contributed by atoms with Gasteiger partial charge in [-0.2, -0.15) is 0 Å². The number of fused-ring (bicyclic) bond motifs is 1. The number of H-pyrrole nitrogens is 1. The van der Waals surface area contributed by atoms with Crippen LogP contribution >= 0.6 is 35.4 Å². The van der Waals surface area contributed by atoms with Crippen molar-refractivity contribution in [2.45, 2.75) is 0 Å². The molecule has 2 rings (SSSR count). The van der Waals surface area contributed by atoms with Crippen molar-refractivity contribution >= 4 is 46.5 Å². The highest BCUT2D eigenvalue weighted by Gasteiger charge is 1.93. The molecule has 13 heavy (non-hydrogen) atoms. The van der Waals surface area contributed by atoms with Gasteiger partial charge in [0.1, 0.15) is 0 Å². The van der Waals surface area contributed by atoms with Gasteiger partial charge in [-0.3, -0.25) is 0 Å². The number of halogens is 2. The molecule has 1 N–H and O–H groups in total. The summed E-state index contributed by atoms with van der Waals surface area (Å²) in [6.45, 7) is 0. The van der Waals surface area contributed by atoms with Gasteiger partial charge >= 0.3 is 0 Å². The van der Waals surface area contributed by atoms with E-state index in [2.05, 4.69) is 4.98 Å². The second kappa shape index (κ2) is 5.27. The van der Waals surface area contributed by atoms with Gasteiger partial charge in [0.2, 0.25) is 0 Å². The third kappa shape index (κ3) is 3.03. The predicted molar refractivity (Wildman–Crippen MR) is 58.0 cm³/mol. The quantitative estimate of drug-likeness (QED) is 0.554. The molecule has 0 bridgehead atoms. The molecule has 0 atom stereocenters. The molecule has 2 aromatic rings. The lowest BCUT2D eigenvalue weighted by Gasteiger charge is -1.80. The zero-order valence-corrected chi connectivity index (χ0v) is 8.92. The third-order valence-electron chi connectivity index (χ3n) is 1.33. The SMILES string of the molecule is ClCCl.S=c1[nH]c2ccccc2o1. The monoisotopic (exact) mass is 235 g/mol. The molecule has 2 nitrogen and oxygen atoms in total. The van der Waals surface area contributed by atoms with Crippen LogP contribution in [0, 0.1) is 4.84 Å². The Kier molecular flexibility index (Phi) is 4.28. The topological polar surface area (TPSA) is 28.9 Å². The highest BCUT2D eigenvalue weighted by Crippen LogP contribution is 2.10. The van der Waals surface area contributed by atoms with Crippen LogP contribution in [-0.4, -0.2) is 10.3 Å². The minimum atomic E-state index is 0.194. The molecule has 0 aliphatic heterocycles. The van der Waals surface area contributed by atoms with Crippen LogP contribution in [0.25, 0.3) is 11.1 Å². The van der Waals surface area contributed by atoms with Crippen LogP contribution in [0.5, 0.6) is 0 Å². The number of nitrogens with one attached hydrogen (secondary N) is 1. The van der Waals surface area contributed by atoms with Gasteiger partial charge in [-0.1, -0.05) is 12.1 Å². The van der Waals surface area contributed by atoms with Crippen LogP contribution in [0.4, 0.5) is 0 Å². The maximum atomic E-state index is 5.13. The van der Waals surface area contributed by atoms with Crippen molar-refractivity contribution in [3.63, 3.8) is 0 Å². The Labute approximate surface area is 90.5 Å². The molecule has 70 valence electrons. The Hall–Kier alpha value is -0.510. The van der Waals surface area contributed by atoms with E-state index in [0.717, 1.165) is 11.1 Å². The van der Waals surface area contributed by atoms with E-state index in [1.807, 2.05) is 24.3 Å². The minimum absolute atomic E-state index is 0.194. The molecule has 0 spiro atoms. The molecule has 0 saturated heterocycles. The lowest BCUT2D eigenvalue weighted by Crippen LogP contribution is -1.62. The van der Waals surface area contributed by atoms with Crippen molar-refractivity contribution in [3.05, 3.63) is 29.1 Å². The summed E-state index contributed by atoms with van der Waals surface area (Å²) in [6.07, 6.45) is 0. The molecule has 1 heterocycles. The van der Waals surface area contributed by atoms with Crippen LogP contribution in [-0.2, 0) is 0 Å². The Bertz CT molecular complexity index is 387. The normalized spacial score (nSPS) is 9.38. The second-order valence-electron chi connectivity index (χ2n) is 2.11. The van der Waals surface area contributed by atoms with E-state index in [-0.39, 0.29) is 5.34 Å². The van der Waals surface area contributed by atoms with E-state index < -0.39 is 0 Å². The lowest BCUT2D eigenvalue weighted by atomic mass is 10.3.